The van der Waals surface area contributed by atoms with Crippen LogP contribution in [0.25, 0.3) is 0 Å². The first-order chi connectivity index (χ1) is 8.25. The first kappa shape index (κ1) is 11.9. The molecule has 1 saturated carbocycles. The molecule has 1 aliphatic carbocycles. The summed E-state index contributed by atoms with van der Waals surface area (Å²) >= 11 is 0. The van der Waals surface area contributed by atoms with Gasteiger partial charge in [-0.05, 0) is 24.8 Å². The Balaban J connectivity index is 1.82. The lowest BCUT2D eigenvalue weighted by molar-refractivity contribution is -0.136. The van der Waals surface area contributed by atoms with Gasteiger partial charge in [0.2, 0.25) is 0 Å². The van der Waals surface area contributed by atoms with Crippen LogP contribution in [-0.2, 0) is 16.0 Å². The van der Waals surface area contributed by atoms with E-state index in [2.05, 4.69) is 0 Å². The molecule has 1 aromatic carbocycles. The van der Waals surface area contributed by atoms with Gasteiger partial charge in [0.25, 0.3) is 0 Å². The highest BCUT2D eigenvalue weighted by molar-refractivity contribution is 5.71. The first-order valence-corrected chi connectivity index (χ1v) is 5.76. The summed E-state index contributed by atoms with van der Waals surface area (Å²) in [5.74, 6) is 0.429. The highest BCUT2D eigenvalue weighted by Gasteiger charge is 2.21. The van der Waals surface area contributed by atoms with E-state index in [-0.39, 0.29) is 13.2 Å². The molecule has 0 radical (unpaired) electrons. The quantitative estimate of drug-likeness (QED) is 0.581. The summed E-state index contributed by atoms with van der Waals surface area (Å²) in [6.45, 7) is 0.925. The number of carboxylic acid groups (broad SMARTS) is 1. The van der Waals surface area contributed by atoms with Crippen molar-refractivity contribution in [2.24, 2.45) is 5.92 Å². The molecule has 1 aliphatic rings. The van der Waals surface area contributed by atoms with Crippen LogP contribution in [0.15, 0.2) is 24.3 Å². The lowest BCUT2D eigenvalue weighted by atomic mass is 10.1. The Bertz CT molecular complexity index is 385. The average Bonchev–Trinajstić information content (AvgIpc) is 3.09. The van der Waals surface area contributed by atoms with E-state index in [1.54, 1.807) is 18.2 Å². The van der Waals surface area contributed by atoms with Crippen LogP contribution >= 0.6 is 0 Å². The predicted molar refractivity (Wildman–Crippen MR) is 62.0 cm³/mol. The predicted octanol–water partition coefficient (Wildman–Crippen LogP) is 2.08. The van der Waals surface area contributed by atoms with E-state index in [9.17, 15) is 4.79 Å². The molecule has 4 nitrogen and oxygen atoms in total. The minimum atomic E-state index is -0.861. The fraction of sp³-hybridized carbons (Fsp3) is 0.462. The molecular weight excluding hydrogens is 220 g/mol. The van der Waals surface area contributed by atoms with E-state index >= 15 is 0 Å². The van der Waals surface area contributed by atoms with Crippen molar-refractivity contribution in [3.63, 3.8) is 0 Å². The molecule has 2 rings (SSSR count). The summed E-state index contributed by atoms with van der Waals surface area (Å²) in [7, 11) is 0. The molecule has 0 unspecified atom stereocenters. The van der Waals surface area contributed by atoms with Crippen molar-refractivity contribution >= 4 is 5.97 Å². The van der Waals surface area contributed by atoms with Gasteiger partial charge in [0, 0.05) is 5.56 Å². The van der Waals surface area contributed by atoms with Crippen LogP contribution < -0.4 is 4.74 Å². The zero-order valence-electron chi connectivity index (χ0n) is 9.59. The van der Waals surface area contributed by atoms with E-state index in [0.29, 0.717) is 17.2 Å². The van der Waals surface area contributed by atoms with Gasteiger partial charge in [0.15, 0.2) is 6.79 Å². The van der Waals surface area contributed by atoms with E-state index in [1.807, 2.05) is 6.07 Å². The van der Waals surface area contributed by atoms with Crippen LogP contribution in [0.5, 0.6) is 5.75 Å². The minimum absolute atomic E-state index is 0.0290. The molecule has 0 saturated heterocycles. The van der Waals surface area contributed by atoms with Crippen LogP contribution in [0, 0.1) is 5.92 Å². The summed E-state index contributed by atoms with van der Waals surface area (Å²) in [6.07, 6.45) is 2.46. The van der Waals surface area contributed by atoms with Crippen molar-refractivity contribution in [2.45, 2.75) is 19.3 Å². The van der Waals surface area contributed by atoms with E-state index in [0.717, 1.165) is 6.61 Å². The van der Waals surface area contributed by atoms with Crippen molar-refractivity contribution in [1.82, 2.24) is 0 Å². The largest absolute Gasteiger partial charge is 0.481 e. The molecule has 0 heterocycles. The van der Waals surface area contributed by atoms with E-state index < -0.39 is 5.97 Å². The molecule has 0 atom stereocenters. The zero-order valence-corrected chi connectivity index (χ0v) is 9.59. The standard InChI is InChI=1S/C13H16O4/c14-13(15)7-11-3-1-2-4-12(11)17-9-16-8-10-5-6-10/h1-4,10H,5-9H2,(H,14,15). The van der Waals surface area contributed by atoms with Crippen molar-refractivity contribution in [1.29, 1.82) is 0 Å². The highest BCUT2D eigenvalue weighted by Crippen LogP contribution is 2.28. The van der Waals surface area contributed by atoms with Crippen LogP contribution in [0.4, 0.5) is 0 Å². The van der Waals surface area contributed by atoms with Gasteiger partial charge in [0.05, 0.1) is 13.0 Å². The van der Waals surface area contributed by atoms with Gasteiger partial charge < -0.3 is 14.6 Å². The highest BCUT2D eigenvalue weighted by atomic mass is 16.7. The van der Waals surface area contributed by atoms with Gasteiger partial charge in [0.1, 0.15) is 5.75 Å². The molecule has 17 heavy (non-hydrogen) atoms. The van der Waals surface area contributed by atoms with Gasteiger partial charge in [-0.3, -0.25) is 4.79 Å². The summed E-state index contributed by atoms with van der Waals surface area (Å²) in [6, 6.07) is 7.14. The van der Waals surface area contributed by atoms with Gasteiger partial charge in [-0.15, -0.1) is 0 Å². The van der Waals surface area contributed by atoms with Crippen molar-refractivity contribution in [2.75, 3.05) is 13.4 Å². The summed E-state index contributed by atoms with van der Waals surface area (Å²) in [5.41, 5.74) is 0.676. The van der Waals surface area contributed by atoms with Crippen LogP contribution in [0.2, 0.25) is 0 Å². The number of para-hydroxylation sites is 1. The minimum Gasteiger partial charge on any atom is -0.481 e. The maximum atomic E-state index is 10.7. The number of hydrogen-bond donors (Lipinski definition) is 1. The Kier molecular flexibility index (Phi) is 3.98. The fourth-order valence-electron chi connectivity index (χ4n) is 1.56. The molecule has 0 aliphatic heterocycles. The Morgan fingerprint density at radius 3 is 2.82 bits per heavy atom. The Morgan fingerprint density at radius 1 is 1.35 bits per heavy atom. The third kappa shape index (κ3) is 4.07. The molecule has 1 aromatic rings. The van der Waals surface area contributed by atoms with E-state index in [1.165, 1.54) is 12.8 Å². The average molecular weight is 236 g/mol. The fourth-order valence-corrected chi connectivity index (χ4v) is 1.56. The SMILES string of the molecule is O=C(O)Cc1ccccc1OCOCC1CC1. The first-order valence-electron chi connectivity index (χ1n) is 5.76. The number of rotatable bonds is 7. The molecule has 1 N–H and O–H groups in total. The second-order valence-corrected chi connectivity index (χ2v) is 4.25. The Labute approximate surface area is 100 Å². The topological polar surface area (TPSA) is 55.8 Å². The maximum Gasteiger partial charge on any atom is 0.307 e. The number of ether oxygens (including phenoxy) is 2. The van der Waals surface area contributed by atoms with Crippen LogP contribution in [0.1, 0.15) is 18.4 Å². The van der Waals surface area contributed by atoms with Crippen molar-refractivity contribution < 1.29 is 19.4 Å². The molecule has 0 bridgehead atoms. The Hall–Kier alpha value is -1.55. The summed E-state index contributed by atoms with van der Waals surface area (Å²) < 4.78 is 10.8. The molecule has 1 fully saturated rings. The molecule has 4 heteroatoms. The number of benzene rings is 1. The number of carboxylic acids is 1. The van der Waals surface area contributed by atoms with Crippen LogP contribution in [0.3, 0.4) is 0 Å². The van der Waals surface area contributed by atoms with E-state index in [4.69, 9.17) is 14.6 Å². The van der Waals surface area contributed by atoms with Crippen molar-refractivity contribution in [3.05, 3.63) is 29.8 Å². The number of hydrogen-bond acceptors (Lipinski definition) is 3. The number of carbonyl (C=O) groups is 1. The number of aliphatic carboxylic acids is 1. The van der Waals surface area contributed by atoms with Gasteiger partial charge in [-0.25, -0.2) is 0 Å². The third-order valence-electron chi connectivity index (χ3n) is 2.66. The lowest BCUT2D eigenvalue weighted by Crippen LogP contribution is -2.08. The lowest BCUT2D eigenvalue weighted by Gasteiger charge is -2.10. The molecule has 0 amide bonds. The monoisotopic (exact) mass is 236 g/mol. The Morgan fingerprint density at radius 2 is 2.12 bits per heavy atom. The van der Waals surface area contributed by atoms with Gasteiger partial charge in [-0.2, -0.15) is 0 Å². The van der Waals surface area contributed by atoms with Gasteiger partial charge in [-0.1, -0.05) is 18.2 Å². The molecule has 0 spiro atoms. The second-order valence-electron chi connectivity index (χ2n) is 4.25. The zero-order chi connectivity index (χ0) is 12.1. The molecular formula is C13H16O4. The maximum absolute atomic E-state index is 10.7. The van der Waals surface area contributed by atoms with Crippen molar-refractivity contribution in [3.8, 4) is 5.75 Å². The normalized spacial score (nSPS) is 14.6. The summed E-state index contributed by atoms with van der Waals surface area (Å²) in [5, 5.41) is 8.76. The van der Waals surface area contributed by atoms with Crippen LogP contribution in [-0.4, -0.2) is 24.5 Å². The smallest absolute Gasteiger partial charge is 0.307 e. The molecule has 92 valence electrons. The molecule has 0 aromatic heterocycles. The second kappa shape index (κ2) is 5.68. The summed E-state index contributed by atoms with van der Waals surface area (Å²) in [4.78, 5) is 10.7. The third-order valence-corrected chi connectivity index (χ3v) is 2.66. The van der Waals surface area contributed by atoms with Gasteiger partial charge >= 0.3 is 5.97 Å².